The Bertz CT molecular complexity index is 343. The van der Waals surface area contributed by atoms with Gasteiger partial charge in [-0.25, -0.2) is 4.79 Å². The lowest BCUT2D eigenvalue weighted by Crippen LogP contribution is -2.49. The molecule has 0 saturated carbocycles. The van der Waals surface area contributed by atoms with Gasteiger partial charge in [-0.1, -0.05) is 13.8 Å². The molecule has 2 fully saturated rings. The molecule has 2 aliphatic heterocycles. The Hall–Kier alpha value is -1.10. The van der Waals surface area contributed by atoms with E-state index in [0.29, 0.717) is 12.1 Å². The fourth-order valence-electron chi connectivity index (χ4n) is 3.00. The maximum absolute atomic E-state index is 12.2. The minimum absolute atomic E-state index is 0.00894. The molecule has 2 aliphatic rings. The smallest absolute Gasteiger partial charge is 0.328 e. The number of carbonyl (C=O) groups excluding carboxylic acids is 2. The fraction of sp³-hybridized carbons (Fsp3) is 0.846. The normalized spacial score (nSPS) is 31.4. The van der Waals surface area contributed by atoms with Gasteiger partial charge < -0.3 is 15.4 Å². The second-order valence-electron chi connectivity index (χ2n) is 5.64. The van der Waals surface area contributed by atoms with Crippen molar-refractivity contribution >= 4 is 11.9 Å². The van der Waals surface area contributed by atoms with E-state index in [1.54, 1.807) is 0 Å². The van der Waals surface area contributed by atoms with Crippen LogP contribution in [0.4, 0.5) is 0 Å². The summed E-state index contributed by atoms with van der Waals surface area (Å²) in [5, 5.41) is 6.27. The zero-order valence-electron chi connectivity index (χ0n) is 11.2. The van der Waals surface area contributed by atoms with Gasteiger partial charge in [0.25, 0.3) is 0 Å². The number of carbonyl (C=O) groups is 2. The molecule has 2 heterocycles. The van der Waals surface area contributed by atoms with Gasteiger partial charge in [-0.05, 0) is 25.2 Å². The van der Waals surface area contributed by atoms with Crippen molar-refractivity contribution in [1.82, 2.24) is 10.6 Å². The number of methoxy groups -OCH3 is 1. The van der Waals surface area contributed by atoms with Gasteiger partial charge in [-0.2, -0.15) is 0 Å². The van der Waals surface area contributed by atoms with E-state index in [1.165, 1.54) is 13.5 Å². The standard InChI is InChI=1S/C13H22N2O3/c1-7(2)11(13(17)18-3)15-12(16)9-6-8-4-5-10(9)14-8/h7-11,14H,4-6H2,1-3H3,(H,15,16)/t8?,9?,10?,11-/m0/s1. The van der Waals surface area contributed by atoms with Crippen LogP contribution < -0.4 is 10.6 Å². The molecule has 4 atom stereocenters. The summed E-state index contributed by atoms with van der Waals surface area (Å²) in [6.07, 6.45) is 3.12. The second-order valence-corrected chi connectivity index (χ2v) is 5.64. The van der Waals surface area contributed by atoms with Crippen molar-refractivity contribution in [3.63, 3.8) is 0 Å². The molecule has 18 heavy (non-hydrogen) atoms. The molecular formula is C13H22N2O3. The molecule has 0 aromatic rings. The van der Waals surface area contributed by atoms with E-state index in [0.717, 1.165) is 12.8 Å². The minimum atomic E-state index is -0.540. The van der Waals surface area contributed by atoms with Crippen molar-refractivity contribution in [3.05, 3.63) is 0 Å². The number of rotatable bonds is 4. The first kappa shape index (κ1) is 13.3. The molecule has 2 N–H and O–H groups in total. The summed E-state index contributed by atoms with van der Waals surface area (Å²) in [7, 11) is 1.35. The minimum Gasteiger partial charge on any atom is -0.467 e. The summed E-state index contributed by atoms with van der Waals surface area (Å²) in [5.74, 6) is -0.337. The third-order valence-electron chi connectivity index (χ3n) is 4.06. The summed E-state index contributed by atoms with van der Waals surface area (Å²) < 4.78 is 4.73. The molecular weight excluding hydrogens is 232 g/mol. The molecule has 2 bridgehead atoms. The van der Waals surface area contributed by atoms with Crippen molar-refractivity contribution in [3.8, 4) is 0 Å². The first-order valence-electron chi connectivity index (χ1n) is 6.67. The molecule has 1 amide bonds. The van der Waals surface area contributed by atoms with Gasteiger partial charge in [0.15, 0.2) is 0 Å². The molecule has 2 rings (SSSR count). The van der Waals surface area contributed by atoms with E-state index in [1.807, 2.05) is 13.8 Å². The molecule has 0 aliphatic carbocycles. The summed E-state index contributed by atoms with van der Waals surface area (Å²) in [6.45, 7) is 3.81. The molecule has 0 spiro atoms. The zero-order chi connectivity index (χ0) is 13.3. The Kier molecular flexibility index (Phi) is 3.90. The monoisotopic (exact) mass is 254 g/mol. The van der Waals surface area contributed by atoms with Crippen LogP contribution in [0.25, 0.3) is 0 Å². The Balaban J connectivity index is 1.95. The van der Waals surface area contributed by atoms with Gasteiger partial charge in [-0.15, -0.1) is 0 Å². The molecule has 3 unspecified atom stereocenters. The average Bonchev–Trinajstić information content (AvgIpc) is 2.96. The van der Waals surface area contributed by atoms with E-state index in [4.69, 9.17) is 4.74 Å². The van der Waals surface area contributed by atoms with Crippen LogP contribution in [0.1, 0.15) is 33.1 Å². The molecule has 0 aromatic heterocycles. The topological polar surface area (TPSA) is 67.4 Å². The van der Waals surface area contributed by atoms with Gasteiger partial charge in [-0.3, -0.25) is 4.79 Å². The summed E-state index contributed by atoms with van der Waals surface area (Å²) in [5.41, 5.74) is 0. The van der Waals surface area contributed by atoms with Gasteiger partial charge in [0.2, 0.25) is 5.91 Å². The molecule has 0 aromatic carbocycles. The number of fused-ring (bicyclic) bond motifs is 2. The highest BCUT2D eigenvalue weighted by Gasteiger charge is 2.43. The molecule has 5 heteroatoms. The van der Waals surface area contributed by atoms with E-state index in [9.17, 15) is 9.59 Å². The molecule has 102 valence electrons. The number of esters is 1. The Morgan fingerprint density at radius 1 is 1.33 bits per heavy atom. The summed E-state index contributed by atoms with van der Waals surface area (Å²) in [6, 6.07) is 0.239. The highest BCUT2D eigenvalue weighted by Crippen LogP contribution is 2.33. The van der Waals surface area contributed by atoms with Crippen molar-refractivity contribution in [1.29, 1.82) is 0 Å². The van der Waals surface area contributed by atoms with E-state index >= 15 is 0 Å². The lowest BCUT2D eigenvalue weighted by molar-refractivity contribution is -0.147. The highest BCUT2D eigenvalue weighted by atomic mass is 16.5. The van der Waals surface area contributed by atoms with Crippen LogP contribution >= 0.6 is 0 Å². The second kappa shape index (κ2) is 5.26. The van der Waals surface area contributed by atoms with Crippen molar-refractivity contribution < 1.29 is 14.3 Å². The van der Waals surface area contributed by atoms with Gasteiger partial charge in [0.05, 0.1) is 13.0 Å². The van der Waals surface area contributed by atoms with Crippen LogP contribution in [0.15, 0.2) is 0 Å². The van der Waals surface area contributed by atoms with Crippen LogP contribution in [-0.4, -0.2) is 37.1 Å². The van der Waals surface area contributed by atoms with E-state index in [2.05, 4.69) is 10.6 Å². The van der Waals surface area contributed by atoms with E-state index in [-0.39, 0.29) is 23.7 Å². The van der Waals surface area contributed by atoms with Crippen LogP contribution in [0.2, 0.25) is 0 Å². The number of amides is 1. The Morgan fingerprint density at radius 3 is 2.50 bits per heavy atom. The third kappa shape index (κ3) is 2.51. The quantitative estimate of drug-likeness (QED) is 0.714. The lowest BCUT2D eigenvalue weighted by Gasteiger charge is -2.24. The highest BCUT2D eigenvalue weighted by molar-refractivity contribution is 5.86. The predicted molar refractivity (Wildman–Crippen MR) is 66.8 cm³/mol. The largest absolute Gasteiger partial charge is 0.467 e. The van der Waals surface area contributed by atoms with Crippen LogP contribution in [-0.2, 0) is 14.3 Å². The number of ether oxygens (including phenoxy) is 1. The maximum atomic E-state index is 12.2. The van der Waals surface area contributed by atoms with Crippen molar-refractivity contribution in [2.75, 3.05) is 7.11 Å². The Morgan fingerprint density at radius 2 is 2.06 bits per heavy atom. The van der Waals surface area contributed by atoms with Crippen molar-refractivity contribution in [2.24, 2.45) is 11.8 Å². The number of hydrogen-bond donors (Lipinski definition) is 2. The van der Waals surface area contributed by atoms with Gasteiger partial charge in [0.1, 0.15) is 6.04 Å². The molecule has 0 radical (unpaired) electrons. The predicted octanol–water partition coefficient (Wildman–Crippen LogP) is 0.441. The zero-order valence-corrected chi connectivity index (χ0v) is 11.2. The van der Waals surface area contributed by atoms with Crippen molar-refractivity contribution in [2.45, 2.75) is 51.2 Å². The van der Waals surface area contributed by atoms with Crippen LogP contribution in [0.3, 0.4) is 0 Å². The number of hydrogen-bond acceptors (Lipinski definition) is 4. The van der Waals surface area contributed by atoms with Gasteiger partial charge in [0, 0.05) is 12.1 Å². The van der Waals surface area contributed by atoms with Gasteiger partial charge >= 0.3 is 5.97 Å². The van der Waals surface area contributed by atoms with Crippen LogP contribution in [0.5, 0.6) is 0 Å². The lowest BCUT2D eigenvalue weighted by atomic mass is 9.88. The molecule has 2 saturated heterocycles. The maximum Gasteiger partial charge on any atom is 0.328 e. The molecule has 5 nitrogen and oxygen atoms in total. The third-order valence-corrected chi connectivity index (χ3v) is 4.06. The number of nitrogens with one attached hydrogen (secondary N) is 2. The van der Waals surface area contributed by atoms with Crippen LogP contribution in [0, 0.1) is 11.8 Å². The Labute approximate surface area is 108 Å². The fourth-order valence-corrected chi connectivity index (χ4v) is 3.00. The first-order valence-corrected chi connectivity index (χ1v) is 6.67. The summed E-state index contributed by atoms with van der Waals surface area (Å²) in [4.78, 5) is 23.8. The SMILES string of the molecule is COC(=O)[C@@H](NC(=O)C1CC2CCC1N2)C(C)C. The van der Waals surface area contributed by atoms with E-state index < -0.39 is 6.04 Å². The summed E-state index contributed by atoms with van der Waals surface area (Å²) >= 11 is 0. The average molecular weight is 254 g/mol. The first-order chi connectivity index (χ1) is 8.52.